The molecule has 0 heterocycles. The van der Waals surface area contributed by atoms with Crippen molar-refractivity contribution in [2.45, 2.75) is 52.9 Å². The number of hydrogen-bond donors (Lipinski definition) is 0. The van der Waals surface area contributed by atoms with Gasteiger partial charge in [-0.2, -0.15) is 0 Å². The average Bonchev–Trinajstić information content (AvgIpc) is 2.02. The van der Waals surface area contributed by atoms with E-state index in [9.17, 15) is 8.78 Å². The Labute approximate surface area is 86.4 Å². The maximum atomic E-state index is 13.1. The lowest BCUT2D eigenvalue weighted by Crippen LogP contribution is -2.23. The predicted molar refractivity (Wildman–Crippen MR) is 57.6 cm³/mol. The van der Waals surface area contributed by atoms with E-state index in [1.165, 1.54) is 0 Å². The van der Waals surface area contributed by atoms with Crippen LogP contribution in [0.4, 0.5) is 8.78 Å². The van der Waals surface area contributed by atoms with E-state index in [0.717, 1.165) is 6.42 Å². The zero-order chi connectivity index (χ0) is 11.2. The molecule has 0 N–H and O–H groups in total. The fourth-order valence-corrected chi connectivity index (χ4v) is 1.11. The van der Waals surface area contributed by atoms with Crippen LogP contribution in [-0.2, 0) is 0 Å². The van der Waals surface area contributed by atoms with Crippen molar-refractivity contribution in [1.29, 1.82) is 0 Å². The van der Waals surface area contributed by atoms with Gasteiger partial charge in [-0.3, -0.25) is 0 Å². The quantitative estimate of drug-likeness (QED) is 0.436. The number of halogens is 2. The molecular formula is C12H22F2. The van der Waals surface area contributed by atoms with Crippen LogP contribution in [0.2, 0.25) is 0 Å². The first-order valence-electron chi connectivity index (χ1n) is 5.40. The number of unbranched alkanes of at least 4 members (excludes halogenated alkanes) is 1. The average molecular weight is 204 g/mol. The van der Waals surface area contributed by atoms with Crippen molar-refractivity contribution in [2.24, 2.45) is 11.8 Å². The molecule has 0 amide bonds. The second-order valence-corrected chi connectivity index (χ2v) is 4.48. The van der Waals surface area contributed by atoms with E-state index in [1.54, 1.807) is 13.8 Å². The van der Waals surface area contributed by atoms with Gasteiger partial charge < -0.3 is 0 Å². The van der Waals surface area contributed by atoms with E-state index in [1.807, 2.05) is 6.08 Å². The van der Waals surface area contributed by atoms with Crippen molar-refractivity contribution in [3.8, 4) is 0 Å². The molecular weight excluding hydrogens is 182 g/mol. The largest absolute Gasteiger partial charge is 0.250 e. The van der Waals surface area contributed by atoms with Crippen LogP contribution >= 0.6 is 0 Å². The SMILES string of the molecule is CC(C)/C=C/CCCC(F)(F)C(C)C. The molecule has 84 valence electrons. The van der Waals surface area contributed by atoms with E-state index in [4.69, 9.17) is 0 Å². The summed E-state index contributed by atoms with van der Waals surface area (Å²) in [5.41, 5.74) is 0. The lowest BCUT2D eigenvalue weighted by Gasteiger charge is -2.19. The molecule has 0 aliphatic carbocycles. The fraction of sp³-hybridized carbons (Fsp3) is 0.833. The monoisotopic (exact) mass is 204 g/mol. The van der Waals surface area contributed by atoms with Crippen LogP contribution in [0, 0.1) is 11.8 Å². The van der Waals surface area contributed by atoms with Crippen molar-refractivity contribution in [3.05, 3.63) is 12.2 Å². The van der Waals surface area contributed by atoms with Gasteiger partial charge in [0.25, 0.3) is 0 Å². The molecule has 0 aromatic rings. The Hall–Kier alpha value is -0.400. The summed E-state index contributed by atoms with van der Waals surface area (Å²) in [6.45, 7) is 7.31. The first-order valence-corrected chi connectivity index (χ1v) is 5.40. The summed E-state index contributed by atoms with van der Waals surface area (Å²) in [5.74, 6) is -2.52. The van der Waals surface area contributed by atoms with Crippen LogP contribution < -0.4 is 0 Å². The highest BCUT2D eigenvalue weighted by molar-refractivity contribution is 4.85. The van der Waals surface area contributed by atoms with Crippen LogP contribution in [-0.4, -0.2) is 5.92 Å². The Morgan fingerprint density at radius 2 is 1.71 bits per heavy atom. The van der Waals surface area contributed by atoms with Crippen molar-refractivity contribution in [3.63, 3.8) is 0 Å². The summed E-state index contributed by atoms with van der Waals surface area (Å²) < 4.78 is 26.2. The lowest BCUT2D eigenvalue weighted by atomic mass is 10.00. The summed E-state index contributed by atoms with van der Waals surface area (Å²) in [6, 6.07) is 0. The predicted octanol–water partition coefficient (Wildman–Crippen LogP) is 4.66. The Bertz CT molecular complexity index is 169. The summed E-state index contributed by atoms with van der Waals surface area (Å²) in [4.78, 5) is 0. The lowest BCUT2D eigenvalue weighted by molar-refractivity contribution is -0.0534. The molecule has 0 atom stereocenters. The van der Waals surface area contributed by atoms with Crippen molar-refractivity contribution >= 4 is 0 Å². The molecule has 0 fully saturated rings. The maximum Gasteiger partial charge on any atom is 0.250 e. The third-order valence-electron chi connectivity index (χ3n) is 2.25. The Morgan fingerprint density at radius 1 is 1.14 bits per heavy atom. The molecule has 2 heteroatoms. The number of allylic oxidation sites excluding steroid dienone is 2. The molecule has 0 aliphatic rings. The third kappa shape index (κ3) is 6.11. The van der Waals surface area contributed by atoms with Gasteiger partial charge in [0.2, 0.25) is 5.92 Å². The van der Waals surface area contributed by atoms with E-state index in [0.29, 0.717) is 12.3 Å². The minimum absolute atomic E-state index is 0.00705. The normalized spacial score (nSPS) is 13.4. The van der Waals surface area contributed by atoms with Gasteiger partial charge in [-0.1, -0.05) is 39.8 Å². The van der Waals surface area contributed by atoms with Crippen molar-refractivity contribution in [2.75, 3.05) is 0 Å². The minimum Gasteiger partial charge on any atom is -0.207 e. The van der Waals surface area contributed by atoms with Gasteiger partial charge in [0, 0.05) is 12.3 Å². The van der Waals surface area contributed by atoms with Crippen molar-refractivity contribution < 1.29 is 8.78 Å². The molecule has 14 heavy (non-hydrogen) atoms. The standard InChI is InChI=1S/C12H22F2/c1-10(2)8-6-5-7-9-12(13,14)11(3)4/h6,8,10-11H,5,7,9H2,1-4H3/b8-6+. The second-order valence-electron chi connectivity index (χ2n) is 4.48. The smallest absolute Gasteiger partial charge is 0.207 e. The highest BCUT2D eigenvalue weighted by Crippen LogP contribution is 2.29. The summed E-state index contributed by atoms with van der Waals surface area (Å²) in [7, 11) is 0. The van der Waals surface area contributed by atoms with E-state index in [2.05, 4.69) is 19.9 Å². The Kier molecular flexibility index (Phi) is 5.98. The molecule has 0 aliphatic heterocycles. The molecule has 0 aromatic carbocycles. The Balaban J connectivity index is 3.64. The maximum absolute atomic E-state index is 13.1. The molecule has 0 aromatic heterocycles. The first kappa shape index (κ1) is 13.6. The molecule has 0 nitrogen and oxygen atoms in total. The van der Waals surface area contributed by atoms with Gasteiger partial charge in [0.05, 0.1) is 0 Å². The summed E-state index contributed by atoms with van der Waals surface area (Å²) in [6.07, 6.45) is 5.41. The highest BCUT2D eigenvalue weighted by atomic mass is 19.3. The third-order valence-corrected chi connectivity index (χ3v) is 2.25. The van der Waals surface area contributed by atoms with Crippen LogP contribution in [0.5, 0.6) is 0 Å². The highest BCUT2D eigenvalue weighted by Gasteiger charge is 2.31. The molecule has 0 unspecified atom stereocenters. The van der Waals surface area contributed by atoms with E-state index < -0.39 is 11.8 Å². The zero-order valence-corrected chi connectivity index (χ0v) is 9.69. The van der Waals surface area contributed by atoms with Gasteiger partial charge in [-0.25, -0.2) is 8.78 Å². The van der Waals surface area contributed by atoms with Crippen LogP contribution in [0.15, 0.2) is 12.2 Å². The minimum atomic E-state index is -2.49. The van der Waals surface area contributed by atoms with Crippen LogP contribution in [0.3, 0.4) is 0 Å². The van der Waals surface area contributed by atoms with Crippen molar-refractivity contribution in [1.82, 2.24) is 0 Å². The molecule has 0 saturated heterocycles. The van der Waals surface area contributed by atoms with Gasteiger partial charge in [0.1, 0.15) is 0 Å². The molecule has 0 rings (SSSR count). The van der Waals surface area contributed by atoms with Gasteiger partial charge in [0.15, 0.2) is 0 Å². The fourth-order valence-electron chi connectivity index (χ4n) is 1.11. The molecule has 0 bridgehead atoms. The number of alkyl halides is 2. The summed E-state index contributed by atoms with van der Waals surface area (Å²) in [5, 5.41) is 0. The van der Waals surface area contributed by atoms with Gasteiger partial charge in [-0.15, -0.1) is 0 Å². The van der Waals surface area contributed by atoms with Crippen LogP contribution in [0.25, 0.3) is 0 Å². The van der Waals surface area contributed by atoms with E-state index in [-0.39, 0.29) is 6.42 Å². The van der Waals surface area contributed by atoms with E-state index >= 15 is 0 Å². The second kappa shape index (κ2) is 6.15. The van der Waals surface area contributed by atoms with Gasteiger partial charge >= 0.3 is 0 Å². The number of hydrogen-bond acceptors (Lipinski definition) is 0. The molecule has 0 saturated carbocycles. The van der Waals surface area contributed by atoms with Crippen LogP contribution in [0.1, 0.15) is 47.0 Å². The Morgan fingerprint density at radius 3 is 2.14 bits per heavy atom. The van der Waals surface area contributed by atoms with Gasteiger partial charge in [-0.05, 0) is 18.8 Å². The first-order chi connectivity index (χ1) is 6.36. The molecule has 0 spiro atoms. The molecule has 0 radical (unpaired) electrons. The zero-order valence-electron chi connectivity index (χ0n) is 9.69. The number of rotatable bonds is 6. The topological polar surface area (TPSA) is 0 Å². The summed E-state index contributed by atoms with van der Waals surface area (Å²) >= 11 is 0.